The van der Waals surface area contributed by atoms with Crippen molar-refractivity contribution in [2.45, 2.75) is 77.4 Å². The summed E-state index contributed by atoms with van der Waals surface area (Å²) in [5, 5.41) is 3.30. The van der Waals surface area contributed by atoms with Crippen LogP contribution in [0.2, 0.25) is 18.1 Å². The lowest BCUT2D eigenvalue weighted by Gasteiger charge is -2.36. The van der Waals surface area contributed by atoms with Crippen LogP contribution >= 0.6 is 15.9 Å². The lowest BCUT2D eigenvalue weighted by Crippen LogP contribution is -2.41. The molecule has 0 aromatic heterocycles. The van der Waals surface area contributed by atoms with Gasteiger partial charge in [0.2, 0.25) is 5.91 Å². The molecule has 4 rings (SSSR count). The Morgan fingerprint density at radius 1 is 1.09 bits per heavy atom. The maximum atomic E-state index is 13.5. The van der Waals surface area contributed by atoms with Crippen LogP contribution in [0.1, 0.15) is 59.3 Å². The molecule has 4 atom stereocenters. The predicted molar refractivity (Wildman–Crippen MR) is 135 cm³/mol. The van der Waals surface area contributed by atoms with Gasteiger partial charge in [-0.3, -0.25) is 9.59 Å². The zero-order valence-electron chi connectivity index (χ0n) is 20.2. The lowest BCUT2D eigenvalue weighted by molar-refractivity contribution is -0.133. The number of nitrogens with one attached hydrogen (secondary N) is 1. The fraction of sp³-hybridized carbons (Fsp3) is 0.692. The third kappa shape index (κ3) is 4.39. The van der Waals surface area contributed by atoms with E-state index in [1.807, 2.05) is 24.3 Å². The normalized spacial score (nSPS) is 28.2. The number of halogens is 1. The number of amides is 1. The van der Waals surface area contributed by atoms with Crippen LogP contribution in [0.3, 0.4) is 0 Å². The Hall–Kier alpha value is -0.983. The summed E-state index contributed by atoms with van der Waals surface area (Å²) in [6.07, 6.45) is 5.89. The Labute approximate surface area is 202 Å². The number of carbonyl (C=O) groups excluding carboxylic acids is 2. The first-order chi connectivity index (χ1) is 15.0. The van der Waals surface area contributed by atoms with E-state index in [1.54, 1.807) is 0 Å². The minimum Gasteiger partial charge on any atom is -0.417 e. The molecule has 32 heavy (non-hydrogen) atoms. The summed E-state index contributed by atoms with van der Waals surface area (Å²) >= 11 is 3.44. The first kappa shape index (κ1) is 24.2. The fourth-order valence-electron chi connectivity index (χ4n) is 6.16. The monoisotopic (exact) mass is 519 g/mol. The van der Waals surface area contributed by atoms with E-state index in [9.17, 15) is 9.59 Å². The van der Waals surface area contributed by atoms with Crippen LogP contribution in [0.25, 0.3) is 0 Å². The average Bonchev–Trinajstić information content (AvgIpc) is 3.38. The van der Waals surface area contributed by atoms with Gasteiger partial charge in [-0.15, -0.1) is 0 Å². The van der Waals surface area contributed by atoms with Crippen molar-refractivity contribution in [1.82, 2.24) is 0 Å². The smallest absolute Gasteiger partial charge is 0.228 e. The number of anilines is 1. The van der Waals surface area contributed by atoms with Crippen molar-refractivity contribution < 1.29 is 14.0 Å². The van der Waals surface area contributed by atoms with Crippen LogP contribution in [0.5, 0.6) is 0 Å². The highest BCUT2D eigenvalue weighted by Crippen LogP contribution is 2.74. The maximum absolute atomic E-state index is 13.5. The van der Waals surface area contributed by atoms with Gasteiger partial charge in [0, 0.05) is 29.1 Å². The molecule has 1 aromatic carbocycles. The zero-order chi connectivity index (χ0) is 23.3. The number of carbonyl (C=O) groups is 2. The summed E-state index contributed by atoms with van der Waals surface area (Å²) in [4.78, 5) is 26.9. The molecule has 1 aromatic rings. The molecular weight excluding hydrogens is 482 g/mol. The Kier molecular flexibility index (Phi) is 6.54. The average molecular weight is 521 g/mol. The number of benzene rings is 1. The molecule has 3 aliphatic carbocycles. The first-order valence-corrected chi connectivity index (χ1v) is 15.9. The zero-order valence-corrected chi connectivity index (χ0v) is 22.8. The van der Waals surface area contributed by atoms with Crippen molar-refractivity contribution in [1.29, 1.82) is 0 Å². The molecule has 1 N–H and O–H groups in total. The van der Waals surface area contributed by atoms with Crippen molar-refractivity contribution in [3.8, 4) is 0 Å². The van der Waals surface area contributed by atoms with Crippen LogP contribution in [0.15, 0.2) is 28.7 Å². The molecule has 0 heterocycles. The van der Waals surface area contributed by atoms with Gasteiger partial charge in [-0.1, -0.05) is 36.7 Å². The van der Waals surface area contributed by atoms with E-state index in [2.05, 4.69) is 55.1 Å². The van der Waals surface area contributed by atoms with E-state index in [0.717, 1.165) is 29.4 Å². The summed E-state index contributed by atoms with van der Waals surface area (Å²) in [7, 11) is -1.79. The van der Waals surface area contributed by atoms with Crippen LogP contribution in [0, 0.1) is 29.1 Å². The molecule has 1 amide bonds. The van der Waals surface area contributed by atoms with Crippen LogP contribution in [-0.4, -0.2) is 26.6 Å². The molecule has 6 heteroatoms. The van der Waals surface area contributed by atoms with Gasteiger partial charge < -0.3 is 9.74 Å². The SMILES string of the molecule is CC(C)(C)[Si](C)(C)OCCCC(=O)C1C(C(=O)Nc2ccc(Br)cc2)C2CCC1C21CC1. The fourth-order valence-corrected chi connectivity index (χ4v) is 7.51. The summed E-state index contributed by atoms with van der Waals surface area (Å²) < 4.78 is 7.28. The number of hydrogen-bond donors (Lipinski definition) is 1. The highest BCUT2D eigenvalue weighted by Gasteiger charge is 2.71. The van der Waals surface area contributed by atoms with Gasteiger partial charge >= 0.3 is 0 Å². The number of Topliss-reactive ketones (excluding diaryl/α,β-unsaturated/α-hetero) is 1. The second kappa shape index (κ2) is 8.66. The number of hydrogen-bond acceptors (Lipinski definition) is 3. The molecule has 0 radical (unpaired) electrons. The van der Waals surface area contributed by atoms with Gasteiger partial charge in [-0.2, -0.15) is 0 Å². The van der Waals surface area contributed by atoms with E-state index < -0.39 is 8.32 Å². The minimum atomic E-state index is -1.79. The quantitative estimate of drug-likeness (QED) is 0.303. The van der Waals surface area contributed by atoms with E-state index in [0.29, 0.717) is 30.6 Å². The van der Waals surface area contributed by atoms with E-state index >= 15 is 0 Å². The Morgan fingerprint density at radius 2 is 1.69 bits per heavy atom. The van der Waals surface area contributed by atoms with Crippen LogP contribution in [-0.2, 0) is 14.0 Å². The number of rotatable bonds is 8. The summed E-state index contributed by atoms with van der Waals surface area (Å²) in [5.74, 6) is 0.829. The van der Waals surface area contributed by atoms with Gasteiger partial charge in [0.1, 0.15) is 5.78 Å². The molecule has 4 nitrogen and oxygen atoms in total. The van der Waals surface area contributed by atoms with E-state index in [4.69, 9.17) is 4.43 Å². The van der Waals surface area contributed by atoms with Gasteiger partial charge in [0.25, 0.3) is 0 Å². The highest BCUT2D eigenvalue weighted by molar-refractivity contribution is 9.10. The van der Waals surface area contributed by atoms with Crippen molar-refractivity contribution in [3.63, 3.8) is 0 Å². The summed E-state index contributed by atoms with van der Waals surface area (Å²) in [6.45, 7) is 11.9. The van der Waals surface area contributed by atoms with Crippen molar-refractivity contribution >= 4 is 41.6 Å². The maximum Gasteiger partial charge on any atom is 0.228 e. The third-order valence-electron chi connectivity index (χ3n) is 8.97. The van der Waals surface area contributed by atoms with E-state index in [1.165, 1.54) is 12.8 Å². The van der Waals surface area contributed by atoms with Gasteiger partial charge in [-0.25, -0.2) is 0 Å². The molecule has 0 aliphatic heterocycles. The Morgan fingerprint density at radius 3 is 2.25 bits per heavy atom. The molecule has 4 unspecified atom stereocenters. The number of ketones is 1. The first-order valence-electron chi connectivity index (χ1n) is 12.2. The standard InChI is InChI=1S/C26H38BrNO3Si/c1-25(2,3)32(4,5)31-16-6-7-21(29)22-19-12-13-20(26(19)14-15-26)23(22)24(30)28-18-10-8-17(27)9-11-18/h8-11,19-20,22-23H,6-7,12-16H2,1-5H3,(H,28,30). The second-order valence-electron chi connectivity index (χ2n) is 11.7. The van der Waals surface area contributed by atoms with Crippen molar-refractivity contribution in [3.05, 3.63) is 28.7 Å². The van der Waals surface area contributed by atoms with Gasteiger partial charge in [0.15, 0.2) is 8.32 Å². The Bertz CT molecular complexity index is 872. The third-order valence-corrected chi connectivity index (χ3v) is 14.0. The molecule has 2 bridgehead atoms. The summed E-state index contributed by atoms with van der Waals surface area (Å²) in [6, 6.07) is 7.70. The molecule has 3 fully saturated rings. The largest absolute Gasteiger partial charge is 0.417 e. The second-order valence-corrected chi connectivity index (χ2v) is 17.5. The van der Waals surface area contributed by atoms with Gasteiger partial charge in [-0.05, 0) is 91.8 Å². The minimum absolute atomic E-state index is 0.0432. The van der Waals surface area contributed by atoms with E-state index in [-0.39, 0.29) is 28.2 Å². The molecule has 176 valence electrons. The summed E-state index contributed by atoms with van der Waals surface area (Å²) in [5.41, 5.74) is 1.08. The molecule has 3 saturated carbocycles. The lowest BCUT2D eigenvalue weighted by atomic mass is 9.75. The van der Waals surface area contributed by atoms with Crippen molar-refractivity contribution in [2.24, 2.45) is 29.1 Å². The Balaban J connectivity index is 1.41. The predicted octanol–water partition coefficient (Wildman–Crippen LogP) is 6.81. The topological polar surface area (TPSA) is 55.4 Å². The van der Waals surface area contributed by atoms with Crippen LogP contribution in [0.4, 0.5) is 5.69 Å². The van der Waals surface area contributed by atoms with Crippen molar-refractivity contribution in [2.75, 3.05) is 11.9 Å². The van der Waals surface area contributed by atoms with Gasteiger partial charge in [0.05, 0.1) is 5.92 Å². The molecule has 3 aliphatic rings. The molecule has 0 saturated heterocycles. The molecular formula is C26H38BrNO3Si. The highest BCUT2D eigenvalue weighted by atomic mass is 79.9. The van der Waals surface area contributed by atoms with Crippen LogP contribution < -0.4 is 5.32 Å². The molecule has 1 spiro atoms.